The van der Waals surface area contributed by atoms with E-state index in [1.165, 1.54) is 7.11 Å². The van der Waals surface area contributed by atoms with E-state index < -0.39 is 0 Å². The molecule has 1 unspecified atom stereocenters. The van der Waals surface area contributed by atoms with Gasteiger partial charge in [0.05, 0.1) is 13.5 Å². The summed E-state index contributed by atoms with van der Waals surface area (Å²) in [6.07, 6.45) is 2.58. The number of carbonyl (C=O) groups is 1. The minimum atomic E-state index is -0.219. The molecular weight excluding hydrogens is 242 g/mol. The molecule has 2 N–H and O–H groups in total. The lowest BCUT2D eigenvalue weighted by molar-refractivity contribution is -0.140. The van der Waals surface area contributed by atoms with Crippen molar-refractivity contribution in [2.24, 2.45) is 10.4 Å². The average Bonchev–Trinajstić information content (AvgIpc) is 2.34. The number of hydrogen-bond acceptors (Lipinski definition) is 3. The summed E-state index contributed by atoms with van der Waals surface area (Å²) in [6, 6.07) is 0.351. The number of nitrogens with one attached hydrogen (secondary N) is 2. The summed E-state index contributed by atoms with van der Waals surface area (Å²) in [7, 11) is 3.12. The molecule has 0 heterocycles. The summed E-state index contributed by atoms with van der Waals surface area (Å²) in [5, 5.41) is 6.42. The number of methoxy groups -OCH3 is 1. The van der Waals surface area contributed by atoms with Crippen molar-refractivity contribution >= 4 is 11.9 Å². The Hall–Kier alpha value is -1.26. The van der Waals surface area contributed by atoms with E-state index in [4.69, 9.17) is 0 Å². The Balaban J connectivity index is 3.96. The summed E-state index contributed by atoms with van der Waals surface area (Å²) < 4.78 is 4.58. The Morgan fingerprint density at radius 2 is 2.00 bits per heavy atom. The molecule has 0 saturated heterocycles. The number of aliphatic imine (C=N–C) groups is 1. The number of hydrogen-bond donors (Lipinski definition) is 2. The third kappa shape index (κ3) is 10.4. The molecule has 5 heteroatoms. The van der Waals surface area contributed by atoms with Crippen LogP contribution in [0.2, 0.25) is 0 Å². The van der Waals surface area contributed by atoms with Crippen molar-refractivity contribution in [2.75, 3.05) is 20.7 Å². The van der Waals surface area contributed by atoms with E-state index >= 15 is 0 Å². The van der Waals surface area contributed by atoms with Crippen molar-refractivity contribution in [1.29, 1.82) is 0 Å². The molecule has 0 saturated carbocycles. The largest absolute Gasteiger partial charge is 0.469 e. The van der Waals surface area contributed by atoms with Gasteiger partial charge in [0.25, 0.3) is 0 Å². The number of esters is 1. The first-order valence-electron chi connectivity index (χ1n) is 6.82. The van der Waals surface area contributed by atoms with Crippen molar-refractivity contribution in [1.82, 2.24) is 10.6 Å². The molecule has 0 fully saturated rings. The van der Waals surface area contributed by atoms with Gasteiger partial charge in [0, 0.05) is 19.6 Å². The molecule has 0 rings (SSSR count). The summed E-state index contributed by atoms with van der Waals surface area (Å²) in [5.74, 6) is 0.508. The zero-order valence-electron chi connectivity index (χ0n) is 13.2. The predicted molar refractivity (Wildman–Crippen MR) is 79.3 cm³/mol. The van der Waals surface area contributed by atoms with Gasteiger partial charge in [-0.05, 0) is 25.2 Å². The summed E-state index contributed by atoms with van der Waals surface area (Å²) >= 11 is 0. The third-order valence-electron chi connectivity index (χ3n) is 2.78. The Labute approximate surface area is 117 Å². The SMILES string of the molecule is CN=C(NCCC(=O)OC)NC(C)CCC(C)(C)C. The van der Waals surface area contributed by atoms with Crippen LogP contribution < -0.4 is 10.6 Å². The minimum Gasteiger partial charge on any atom is -0.469 e. The maximum absolute atomic E-state index is 11.0. The van der Waals surface area contributed by atoms with Crippen molar-refractivity contribution < 1.29 is 9.53 Å². The highest BCUT2D eigenvalue weighted by Gasteiger charge is 2.13. The number of carbonyl (C=O) groups excluding carboxylic acids is 1. The molecule has 112 valence electrons. The van der Waals surface area contributed by atoms with Crippen LogP contribution in [0.5, 0.6) is 0 Å². The van der Waals surface area contributed by atoms with E-state index in [1.807, 2.05) is 0 Å². The molecule has 0 aromatic heterocycles. The number of guanidine groups is 1. The molecule has 0 aliphatic rings. The zero-order chi connectivity index (χ0) is 14.9. The van der Waals surface area contributed by atoms with E-state index in [0.29, 0.717) is 24.4 Å². The normalized spacial score (nSPS) is 13.9. The Kier molecular flexibility index (Phi) is 8.19. The monoisotopic (exact) mass is 271 g/mol. The van der Waals surface area contributed by atoms with E-state index in [2.05, 4.69) is 48.1 Å². The molecule has 0 radical (unpaired) electrons. The number of ether oxygens (including phenoxy) is 1. The lowest BCUT2D eigenvalue weighted by Gasteiger charge is -2.23. The molecule has 0 bridgehead atoms. The van der Waals surface area contributed by atoms with E-state index in [0.717, 1.165) is 18.8 Å². The van der Waals surface area contributed by atoms with Gasteiger partial charge in [-0.25, -0.2) is 0 Å². The quantitative estimate of drug-likeness (QED) is 0.440. The molecule has 0 aliphatic carbocycles. The van der Waals surface area contributed by atoms with E-state index in [1.54, 1.807) is 7.05 Å². The molecule has 1 atom stereocenters. The first kappa shape index (κ1) is 17.7. The first-order valence-corrected chi connectivity index (χ1v) is 6.82. The second-order valence-electron chi connectivity index (χ2n) is 5.97. The molecule has 0 aromatic carbocycles. The molecular formula is C14H29N3O2. The lowest BCUT2D eigenvalue weighted by Crippen LogP contribution is -2.43. The van der Waals surface area contributed by atoms with Gasteiger partial charge in [-0.2, -0.15) is 0 Å². The minimum absolute atomic E-state index is 0.219. The fraction of sp³-hybridized carbons (Fsp3) is 0.857. The highest BCUT2D eigenvalue weighted by molar-refractivity contribution is 5.80. The van der Waals surface area contributed by atoms with Gasteiger partial charge in [0.2, 0.25) is 0 Å². The van der Waals surface area contributed by atoms with Crippen LogP contribution in [0.4, 0.5) is 0 Å². The number of nitrogens with zero attached hydrogens (tertiary/aromatic N) is 1. The van der Waals surface area contributed by atoms with E-state index in [9.17, 15) is 4.79 Å². The zero-order valence-corrected chi connectivity index (χ0v) is 13.2. The van der Waals surface area contributed by atoms with Gasteiger partial charge < -0.3 is 15.4 Å². The highest BCUT2D eigenvalue weighted by Crippen LogP contribution is 2.21. The Morgan fingerprint density at radius 1 is 1.37 bits per heavy atom. The summed E-state index contributed by atoms with van der Waals surface area (Å²) in [5.41, 5.74) is 0.345. The van der Waals surface area contributed by atoms with Crippen LogP contribution in [-0.4, -0.2) is 38.7 Å². The Morgan fingerprint density at radius 3 is 2.47 bits per heavy atom. The fourth-order valence-corrected chi connectivity index (χ4v) is 1.53. The summed E-state index contributed by atoms with van der Waals surface area (Å²) in [4.78, 5) is 15.1. The van der Waals surface area contributed by atoms with Gasteiger partial charge in [0.15, 0.2) is 5.96 Å². The van der Waals surface area contributed by atoms with Gasteiger partial charge in [-0.3, -0.25) is 9.79 Å². The molecule has 5 nitrogen and oxygen atoms in total. The van der Waals surface area contributed by atoms with Crippen LogP contribution in [0, 0.1) is 5.41 Å². The van der Waals surface area contributed by atoms with Crippen LogP contribution >= 0.6 is 0 Å². The standard InChI is InChI=1S/C14H29N3O2/c1-11(7-9-14(2,3)4)17-13(15-5)16-10-8-12(18)19-6/h11H,7-10H2,1-6H3,(H2,15,16,17). The summed E-state index contributed by atoms with van der Waals surface area (Å²) in [6.45, 7) is 9.38. The molecule has 0 aromatic rings. The van der Waals surface area contributed by atoms with Crippen molar-refractivity contribution in [3.05, 3.63) is 0 Å². The maximum Gasteiger partial charge on any atom is 0.307 e. The number of rotatable bonds is 6. The molecule has 0 spiro atoms. The first-order chi connectivity index (χ1) is 8.78. The van der Waals surface area contributed by atoms with Gasteiger partial charge >= 0.3 is 5.97 Å². The average molecular weight is 271 g/mol. The second-order valence-corrected chi connectivity index (χ2v) is 5.97. The van der Waals surface area contributed by atoms with Crippen molar-refractivity contribution in [3.8, 4) is 0 Å². The van der Waals surface area contributed by atoms with E-state index in [-0.39, 0.29) is 5.97 Å². The third-order valence-corrected chi connectivity index (χ3v) is 2.78. The van der Waals surface area contributed by atoms with Crippen molar-refractivity contribution in [2.45, 2.75) is 53.0 Å². The predicted octanol–water partition coefficient (Wildman–Crippen LogP) is 1.93. The van der Waals surface area contributed by atoms with Crippen LogP contribution in [0.3, 0.4) is 0 Å². The molecule has 19 heavy (non-hydrogen) atoms. The fourth-order valence-electron chi connectivity index (χ4n) is 1.53. The molecule has 0 aliphatic heterocycles. The van der Waals surface area contributed by atoms with Crippen LogP contribution in [0.1, 0.15) is 47.0 Å². The van der Waals surface area contributed by atoms with Crippen LogP contribution in [0.15, 0.2) is 4.99 Å². The van der Waals surface area contributed by atoms with Crippen LogP contribution in [0.25, 0.3) is 0 Å². The van der Waals surface area contributed by atoms with Gasteiger partial charge in [-0.15, -0.1) is 0 Å². The van der Waals surface area contributed by atoms with Gasteiger partial charge in [-0.1, -0.05) is 20.8 Å². The Bertz CT molecular complexity index is 296. The lowest BCUT2D eigenvalue weighted by atomic mass is 9.89. The molecule has 0 amide bonds. The van der Waals surface area contributed by atoms with Gasteiger partial charge in [0.1, 0.15) is 0 Å². The topological polar surface area (TPSA) is 62.7 Å². The van der Waals surface area contributed by atoms with Crippen LogP contribution in [-0.2, 0) is 9.53 Å². The van der Waals surface area contributed by atoms with Crippen molar-refractivity contribution in [3.63, 3.8) is 0 Å². The smallest absolute Gasteiger partial charge is 0.307 e. The maximum atomic E-state index is 11.0. The highest BCUT2D eigenvalue weighted by atomic mass is 16.5. The second kappa shape index (κ2) is 8.77.